The second kappa shape index (κ2) is 2.79. The smallest absolute Gasteiger partial charge is 0.192 e. The van der Waals surface area contributed by atoms with Crippen LogP contribution in [0.4, 0.5) is 13.2 Å². The van der Waals surface area contributed by atoms with Crippen molar-refractivity contribution in [3.63, 3.8) is 0 Å². The van der Waals surface area contributed by atoms with Crippen molar-refractivity contribution in [1.29, 1.82) is 5.26 Å². The number of benzene rings is 1. The SMILES string of the molecule is N#Cc1cccc(C2(C(F)(F)F)N=N2)c1. The van der Waals surface area contributed by atoms with E-state index in [0.29, 0.717) is 0 Å². The normalized spacial score (nSPS) is 17.2. The van der Waals surface area contributed by atoms with E-state index in [4.69, 9.17) is 5.26 Å². The van der Waals surface area contributed by atoms with Gasteiger partial charge in [-0.1, -0.05) is 12.1 Å². The van der Waals surface area contributed by atoms with Crippen LogP contribution in [-0.2, 0) is 5.66 Å². The van der Waals surface area contributed by atoms with Crippen LogP contribution in [0, 0.1) is 11.3 Å². The topological polar surface area (TPSA) is 48.5 Å². The average Bonchev–Trinajstić information content (AvgIpc) is 2.97. The largest absolute Gasteiger partial charge is 0.442 e. The first-order valence-electron chi connectivity index (χ1n) is 4.01. The first kappa shape index (κ1) is 9.65. The Morgan fingerprint density at radius 2 is 1.93 bits per heavy atom. The Kier molecular flexibility index (Phi) is 1.80. The van der Waals surface area contributed by atoms with Crippen LogP contribution in [0.2, 0.25) is 0 Å². The molecule has 1 heterocycles. The Balaban J connectivity index is 2.43. The lowest BCUT2D eigenvalue weighted by molar-refractivity contribution is -0.166. The molecule has 0 aliphatic carbocycles. The molecule has 0 fully saturated rings. The Morgan fingerprint density at radius 1 is 1.27 bits per heavy atom. The Labute approximate surface area is 82.9 Å². The van der Waals surface area contributed by atoms with Gasteiger partial charge in [-0.05, 0) is 12.1 Å². The number of alkyl halides is 3. The Bertz CT molecular complexity index is 464. The first-order valence-corrected chi connectivity index (χ1v) is 4.01. The first-order chi connectivity index (χ1) is 6.99. The minimum atomic E-state index is -4.54. The number of nitriles is 1. The second-order valence-electron chi connectivity index (χ2n) is 3.06. The van der Waals surface area contributed by atoms with Gasteiger partial charge >= 0.3 is 11.8 Å². The summed E-state index contributed by atoms with van der Waals surface area (Å²) >= 11 is 0. The van der Waals surface area contributed by atoms with E-state index in [1.54, 1.807) is 6.07 Å². The van der Waals surface area contributed by atoms with Crippen molar-refractivity contribution in [3.8, 4) is 6.07 Å². The molecule has 76 valence electrons. The number of nitrogens with zero attached hydrogens (tertiary/aromatic N) is 3. The van der Waals surface area contributed by atoms with Gasteiger partial charge in [-0.25, -0.2) is 0 Å². The molecule has 6 heteroatoms. The minimum Gasteiger partial charge on any atom is -0.192 e. The summed E-state index contributed by atoms with van der Waals surface area (Å²) in [5.41, 5.74) is -2.39. The number of halogens is 3. The van der Waals surface area contributed by atoms with E-state index in [1.807, 2.05) is 0 Å². The highest BCUT2D eigenvalue weighted by atomic mass is 19.4. The monoisotopic (exact) mass is 211 g/mol. The minimum absolute atomic E-state index is 0.117. The van der Waals surface area contributed by atoms with Crippen molar-refractivity contribution in [1.82, 2.24) is 0 Å². The molecule has 0 aromatic heterocycles. The van der Waals surface area contributed by atoms with Gasteiger partial charge < -0.3 is 0 Å². The van der Waals surface area contributed by atoms with Crippen molar-refractivity contribution in [3.05, 3.63) is 35.4 Å². The fourth-order valence-corrected chi connectivity index (χ4v) is 1.25. The molecule has 0 spiro atoms. The highest BCUT2D eigenvalue weighted by molar-refractivity contribution is 5.38. The molecule has 0 saturated carbocycles. The molecule has 1 aliphatic rings. The molecular weight excluding hydrogens is 207 g/mol. The van der Waals surface area contributed by atoms with Crippen LogP contribution in [0.5, 0.6) is 0 Å². The van der Waals surface area contributed by atoms with Gasteiger partial charge in [0.25, 0.3) is 0 Å². The van der Waals surface area contributed by atoms with Gasteiger partial charge in [-0.3, -0.25) is 0 Å². The van der Waals surface area contributed by atoms with E-state index in [2.05, 4.69) is 10.2 Å². The van der Waals surface area contributed by atoms with Crippen molar-refractivity contribution in [2.75, 3.05) is 0 Å². The summed E-state index contributed by atoms with van der Waals surface area (Å²) in [6, 6.07) is 6.98. The molecule has 0 radical (unpaired) electrons. The van der Waals surface area contributed by atoms with E-state index in [0.717, 1.165) is 6.07 Å². The predicted molar refractivity (Wildman–Crippen MR) is 43.7 cm³/mol. The standard InChI is InChI=1S/C9H4F3N3/c10-9(11,12)8(14-15-8)7-3-1-2-6(4-7)5-13/h1-4H. The molecule has 0 unspecified atom stereocenters. The van der Waals surface area contributed by atoms with E-state index in [-0.39, 0.29) is 11.1 Å². The van der Waals surface area contributed by atoms with Crippen LogP contribution in [0.1, 0.15) is 11.1 Å². The molecule has 0 atom stereocenters. The van der Waals surface area contributed by atoms with Crippen molar-refractivity contribution in [2.24, 2.45) is 10.2 Å². The molecule has 0 saturated heterocycles. The summed E-state index contributed by atoms with van der Waals surface area (Å²) in [4.78, 5) is 0. The zero-order valence-corrected chi connectivity index (χ0v) is 7.28. The van der Waals surface area contributed by atoms with Crippen molar-refractivity contribution < 1.29 is 13.2 Å². The molecule has 0 amide bonds. The van der Waals surface area contributed by atoms with Crippen LogP contribution < -0.4 is 0 Å². The third-order valence-corrected chi connectivity index (χ3v) is 2.09. The maximum Gasteiger partial charge on any atom is 0.442 e. The van der Waals surface area contributed by atoms with Crippen LogP contribution in [0.3, 0.4) is 0 Å². The van der Waals surface area contributed by atoms with E-state index in [1.165, 1.54) is 18.2 Å². The van der Waals surface area contributed by atoms with Gasteiger partial charge in [0.15, 0.2) is 0 Å². The van der Waals surface area contributed by atoms with Gasteiger partial charge in [-0.15, -0.1) is 10.2 Å². The highest BCUT2D eigenvalue weighted by Crippen LogP contribution is 2.52. The number of hydrogen-bond donors (Lipinski definition) is 0. The molecule has 0 N–H and O–H groups in total. The second-order valence-corrected chi connectivity index (χ2v) is 3.06. The molecule has 3 nitrogen and oxygen atoms in total. The van der Waals surface area contributed by atoms with Gasteiger partial charge in [0, 0.05) is 5.56 Å². The third-order valence-electron chi connectivity index (χ3n) is 2.09. The van der Waals surface area contributed by atoms with Crippen LogP contribution in [0.25, 0.3) is 0 Å². The van der Waals surface area contributed by atoms with Gasteiger partial charge in [-0.2, -0.15) is 18.4 Å². The van der Waals surface area contributed by atoms with E-state index < -0.39 is 11.8 Å². The maximum absolute atomic E-state index is 12.5. The molecule has 0 bridgehead atoms. The lowest BCUT2D eigenvalue weighted by Crippen LogP contribution is -2.30. The third kappa shape index (κ3) is 1.36. The molecule has 15 heavy (non-hydrogen) atoms. The predicted octanol–water partition coefficient (Wildman–Crippen LogP) is 2.74. The summed E-state index contributed by atoms with van der Waals surface area (Å²) in [6.45, 7) is 0. The molecule has 2 rings (SSSR count). The molecule has 1 aromatic rings. The van der Waals surface area contributed by atoms with Crippen LogP contribution >= 0.6 is 0 Å². The van der Waals surface area contributed by atoms with Crippen LogP contribution in [0.15, 0.2) is 34.5 Å². The quantitative estimate of drug-likeness (QED) is 0.704. The summed E-state index contributed by atoms with van der Waals surface area (Å²) in [6.07, 6.45) is -4.54. The fourth-order valence-electron chi connectivity index (χ4n) is 1.25. The van der Waals surface area contributed by atoms with Gasteiger partial charge in [0.1, 0.15) is 0 Å². The van der Waals surface area contributed by atoms with E-state index >= 15 is 0 Å². The van der Waals surface area contributed by atoms with Gasteiger partial charge in [0.2, 0.25) is 0 Å². The summed E-state index contributed by atoms with van der Waals surface area (Å²) < 4.78 is 37.6. The zero-order chi connectivity index (χ0) is 11.1. The fraction of sp³-hybridized carbons (Fsp3) is 0.222. The number of hydrogen-bond acceptors (Lipinski definition) is 3. The zero-order valence-electron chi connectivity index (χ0n) is 7.28. The van der Waals surface area contributed by atoms with E-state index in [9.17, 15) is 13.2 Å². The molecule has 1 aliphatic heterocycles. The highest BCUT2D eigenvalue weighted by Gasteiger charge is 2.65. The summed E-state index contributed by atoms with van der Waals surface area (Å²) in [7, 11) is 0. The van der Waals surface area contributed by atoms with Crippen LogP contribution in [-0.4, -0.2) is 6.18 Å². The number of rotatable bonds is 1. The summed E-state index contributed by atoms with van der Waals surface area (Å²) in [5, 5.41) is 14.6. The lowest BCUT2D eigenvalue weighted by Gasteiger charge is -2.14. The summed E-state index contributed by atoms with van der Waals surface area (Å²) in [5.74, 6) is 0. The maximum atomic E-state index is 12.5. The molecule has 1 aromatic carbocycles. The Hall–Kier alpha value is -1.90. The average molecular weight is 211 g/mol. The molecular formula is C9H4F3N3. The van der Waals surface area contributed by atoms with Gasteiger partial charge in [0.05, 0.1) is 11.6 Å². The van der Waals surface area contributed by atoms with Crippen molar-refractivity contribution in [2.45, 2.75) is 11.8 Å². The lowest BCUT2D eigenvalue weighted by atomic mass is 10.0. The van der Waals surface area contributed by atoms with Crippen molar-refractivity contribution >= 4 is 0 Å². The Morgan fingerprint density at radius 3 is 2.40 bits per heavy atom.